The molecule has 0 unspecified atom stereocenters. The molecule has 4 rings (SSSR count). The molecule has 1 aliphatic heterocycles. The third kappa shape index (κ3) is 4.40. The molecule has 2 N–H and O–H groups in total. The van der Waals surface area contributed by atoms with Crippen molar-refractivity contribution >= 4 is 5.91 Å². The van der Waals surface area contributed by atoms with E-state index >= 15 is 0 Å². The first-order chi connectivity index (χ1) is 13.2. The predicted molar refractivity (Wildman–Crippen MR) is 107 cm³/mol. The van der Waals surface area contributed by atoms with Crippen LogP contribution in [0.2, 0.25) is 0 Å². The van der Waals surface area contributed by atoms with Gasteiger partial charge in [-0.15, -0.1) is 0 Å². The van der Waals surface area contributed by atoms with Crippen molar-refractivity contribution in [3.63, 3.8) is 0 Å². The predicted octanol–water partition coefficient (Wildman–Crippen LogP) is 2.71. The van der Waals surface area contributed by atoms with E-state index in [-0.39, 0.29) is 12.5 Å². The molecule has 0 radical (unpaired) electrons. The summed E-state index contributed by atoms with van der Waals surface area (Å²) in [6.45, 7) is 2.69. The molecule has 0 aromatic heterocycles. The van der Waals surface area contributed by atoms with Gasteiger partial charge in [-0.3, -0.25) is 9.69 Å². The van der Waals surface area contributed by atoms with Gasteiger partial charge in [0.2, 0.25) is 0 Å². The van der Waals surface area contributed by atoms with Crippen molar-refractivity contribution in [3.05, 3.63) is 70.3 Å². The van der Waals surface area contributed by atoms with Gasteiger partial charge in [0.15, 0.2) is 0 Å². The number of aliphatic hydroxyl groups is 1. The van der Waals surface area contributed by atoms with Gasteiger partial charge >= 0.3 is 0 Å². The van der Waals surface area contributed by atoms with Crippen LogP contribution in [0.1, 0.15) is 45.5 Å². The van der Waals surface area contributed by atoms with E-state index in [1.54, 1.807) is 0 Å². The molecule has 1 amide bonds. The van der Waals surface area contributed by atoms with Crippen LogP contribution in [-0.4, -0.2) is 41.7 Å². The molecule has 2 aromatic rings. The zero-order valence-corrected chi connectivity index (χ0v) is 15.8. The maximum Gasteiger partial charge on any atom is 0.251 e. The molecule has 27 heavy (non-hydrogen) atoms. The Balaban J connectivity index is 1.28. The molecule has 0 bridgehead atoms. The number of aliphatic hydroxyl groups excluding tert-OH is 1. The summed E-state index contributed by atoms with van der Waals surface area (Å²) in [7, 11) is 0. The van der Waals surface area contributed by atoms with E-state index in [0.29, 0.717) is 12.1 Å². The van der Waals surface area contributed by atoms with Gasteiger partial charge in [0.05, 0.1) is 6.10 Å². The van der Waals surface area contributed by atoms with Crippen LogP contribution in [-0.2, 0) is 25.8 Å². The first kappa shape index (κ1) is 18.2. The fourth-order valence-electron chi connectivity index (χ4n) is 4.26. The fraction of sp³-hybridized carbons (Fsp3) is 0.435. The van der Waals surface area contributed by atoms with E-state index in [0.717, 1.165) is 32.4 Å². The van der Waals surface area contributed by atoms with Crippen molar-refractivity contribution in [3.8, 4) is 0 Å². The Morgan fingerprint density at radius 2 is 1.74 bits per heavy atom. The fourth-order valence-corrected chi connectivity index (χ4v) is 4.26. The summed E-state index contributed by atoms with van der Waals surface area (Å²) in [4.78, 5) is 14.7. The smallest absolute Gasteiger partial charge is 0.251 e. The van der Waals surface area contributed by atoms with Gasteiger partial charge in [-0.2, -0.15) is 0 Å². The lowest BCUT2D eigenvalue weighted by Crippen LogP contribution is -2.42. The third-order valence-electron chi connectivity index (χ3n) is 5.79. The Morgan fingerprint density at radius 1 is 1.00 bits per heavy atom. The first-order valence-electron chi connectivity index (χ1n) is 10.1. The number of aryl methyl sites for hydroxylation is 2. The molecule has 2 aliphatic rings. The van der Waals surface area contributed by atoms with E-state index < -0.39 is 6.10 Å². The number of nitrogens with one attached hydrogen (secondary N) is 1. The summed E-state index contributed by atoms with van der Waals surface area (Å²) in [6.07, 6.45) is 5.09. The average molecular weight is 364 g/mol. The van der Waals surface area contributed by atoms with Crippen molar-refractivity contribution < 1.29 is 9.90 Å². The summed E-state index contributed by atoms with van der Waals surface area (Å²) in [6, 6.07) is 14.5. The first-order valence-corrected chi connectivity index (χ1v) is 10.1. The normalized spacial score (nSPS) is 17.7. The molecule has 1 atom stereocenters. The highest BCUT2D eigenvalue weighted by atomic mass is 16.3. The minimum atomic E-state index is -0.558. The van der Waals surface area contributed by atoms with Crippen LogP contribution in [0.4, 0.5) is 0 Å². The van der Waals surface area contributed by atoms with E-state index in [1.807, 2.05) is 12.1 Å². The van der Waals surface area contributed by atoms with E-state index in [1.165, 1.54) is 35.1 Å². The van der Waals surface area contributed by atoms with Crippen LogP contribution in [0.3, 0.4) is 0 Å². The van der Waals surface area contributed by atoms with Gasteiger partial charge in [0.1, 0.15) is 0 Å². The van der Waals surface area contributed by atoms with Crippen LogP contribution in [0.25, 0.3) is 0 Å². The SMILES string of the molecule is O=C(NC[C@H](O)CN1CCc2ccccc2C1)c1ccc2c(c1)CCCC2. The number of amides is 1. The summed E-state index contributed by atoms with van der Waals surface area (Å²) < 4.78 is 0. The summed E-state index contributed by atoms with van der Waals surface area (Å²) in [5, 5.41) is 13.3. The number of hydrogen-bond donors (Lipinski definition) is 2. The Morgan fingerprint density at radius 3 is 2.59 bits per heavy atom. The zero-order valence-electron chi connectivity index (χ0n) is 15.8. The van der Waals surface area contributed by atoms with Gasteiger partial charge in [0.25, 0.3) is 5.91 Å². The molecule has 1 heterocycles. The Labute approximate surface area is 161 Å². The molecule has 2 aromatic carbocycles. The molecule has 0 saturated heterocycles. The van der Waals surface area contributed by atoms with E-state index in [9.17, 15) is 9.90 Å². The number of carbonyl (C=O) groups excluding carboxylic acids is 1. The molecule has 1 aliphatic carbocycles. The number of β-amino-alcohol motifs (C(OH)–C–C–N with tert-alkyl or cyclic N) is 1. The van der Waals surface area contributed by atoms with Crippen molar-refractivity contribution in [2.45, 2.75) is 44.8 Å². The Bertz CT molecular complexity index is 818. The second-order valence-electron chi connectivity index (χ2n) is 7.81. The Kier molecular flexibility index (Phi) is 5.55. The molecule has 0 spiro atoms. The van der Waals surface area contributed by atoms with Crippen LogP contribution >= 0.6 is 0 Å². The lowest BCUT2D eigenvalue weighted by Gasteiger charge is -2.30. The zero-order chi connectivity index (χ0) is 18.6. The maximum atomic E-state index is 12.5. The number of rotatable bonds is 5. The standard InChI is InChI=1S/C23H28N2O2/c26-22(16-25-12-11-18-6-2-4-8-21(18)15-25)14-24-23(27)20-10-9-17-5-1-3-7-19(17)13-20/h2,4,6,8-10,13,22,26H,1,3,5,7,11-12,14-16H2,(H,24,27)/t22-/m0/s1. The third-order valence-corrected chi connectivity index (χ3v) is 5.79. The van der Waals surface area contributed by atoms with Gasteiger partial charge < -0.3 is 10.4 Å². The second-order valence-corrected chi connectivity index (χ2v) is 7.81. The Hall–Kier alpha value is -2.17. The molecule has 0 saturated carbocycles. The van der Waals surface area contributed by atoms with Crippen molar-refractivity contribution in [1.82, 2.24) is 10.2 Å². The van der Waals surface area contributed by atoms with E-state index in [4.69, 9.17) is 0 Å². The minimum Gasteiger partial charge on any atom is -0.390 e. The molecule has 4 heteroatoms. The number of benzene rings is 2. The number of nitrogens with zero attached hydrogens (tertiary/aromatic N) is 1. The van der Waals surface area contributed by atoms with Gasteiger partial charge in [-0.1, -0.05) is 30.3 Å². The van der Waals surface area contributed by atoms with Crippen molar-refractivity contribution in [2.24, 2.45) is 0 Å². The molecule has 4 nitrogen and oxygen atoms in total. The highest BCUT2D eigenvalue weighted by molar-refractivity contribution is 5.94. The second kappa shape index (κ2) is 8.24. The highest BCUT2D eigenvalue weighted by Gasteiger charge is 2.19. The van der Waals surface area contributed by atoms with Gasteiger partial charge in [-0.25, -0.2) is 0 Å². The molecular weight excluding hydrogens is 336 g/mol. The maximum absolute atomic E-state index is 12.5. The van der Waals surface area contributed by atoms with Gasteiger partial charge in [-0.05, 0) is 66.5 Å². The summed E-state index contributed by atoms with van der Waals surface area (Å²) >= 11 is 0. The van der Waals surface area contributed by atoms with E-state index in [2.05, 4.69) is 40.5 Å². The average Bonchev–Trinajstić information content (AvgIpc) is 2.71. The lowest BCUT2D eigenvalue weighted by atomic mass is 9.90. The highest BCUT2D eigenvalue weighted by Crippen LogP contribution is 2.22. The lowest BCUT2D eigenvalue weighted by molar-refractivity contribution is 0.0841. The van der Waals surface area contributed by atoms with Crippen molar-refractivity contribution in [1.29, 1.82) is 0 Å². The van der Waals surface area contributed by atoms with Crippen LogP contribution < -0.4 is 5.32 Å². The summed E-state index contributed by atoms with van der Waals surface area (Å²) in [5.41, 5.74) is 6.14. The summed E-state index contributed by atoms with van der Waals surface area (Å²) in [5.74, 6) is -0.0913. The molecule has 142 valence electrons. The molecule has 0 fully saturated rings. The monoisotopic (exact) mass is 364 g/mol. The number of hydrogen-bond acceptors (Lipinski definition) is 3. The van der Waals surface area contributed by atoms with Gasteiger partial charge in [0, 0.05) is 31.7 Å². The van der Waals surface area contributed by atoms with Crippen LogP contribution in [0.5, 0.6) is 0 Å². The minimum absolute atomic E-state index is 0.0913. The largest absolute Gasteiger partial charge is 0.390 e. The number of fused-ring (bicyclic) bond motifs is 2. The van der Waals surface area contributed by atoms with Crippen molar-refractivity contribution in [2.75, 3.05) is 19.6 Å². The quantitative estimate of drug-likeness (QED) is 0.858. The molecular formula is C23H28N2O2. The number of carbonyl (C=O) groups is 1. The topological polar surface area (TPSA) is 52.6 Å². The van der Waals surface area contributed by atoms with Crippen LogP contribution in [0.15, 0.2) is 42.5 Å². The van der Waals surface area contributed by atoms with Crippen LogP contribution in [0, 0.1) is 0 Å².